The molecule has 1 unspecified atom stereocenters. The van der Waals surface area contributed by atoms with E-state index in [4.69, 9.17) is 5.73 Å². The first-order valence-electron chi connectivity index (χ1n) is 10.5. The summed E-state index contributed by atoms with van der Waals surface area (Å²) in [6.07, 6.45) is 8.89. The SMILES string of the molecule is C=C(F)/C=C(P)\C(=C/C)CNC(=NC)C1=C(N)CCN(C(=C/C)/N=C\CC)C1.CC. The molecule has 7 heteroatoms. The summed E-state index contributed by atoms with van der Waals surface area (Å²) in [7, 11) is 4.28. The standard InChI is InChI=1S/C21H33FN5P.C2H6/c1-6-10-25-20(8-3)27-11-9-18(23)17(14-27)21(24-5)26-13-16(7-2)19(28)12-15(4)22;1-2/h7-8,10,12H,4,6,9,11,13-14,23,28H2,1-3,5H3,(H,24,26);1-2H3/b16-7-,19-12+,20-8+,25-10-;. The van der Waals surface area contributed by atoms with Crippen LogP contribution in [0, 0.1) is 0 Å². The smallest absolute Gasteiger partial charge is 0.127 e. The second-order valence-corrected chi connectivity index (χ2v) is 6.95. The van der Waals surface area contributed by atoms with Crippen molar-refractivity contribution >= 4 is 21.3 Å². The molecule has 0 aromatic heterocycles. The Hall–Kier alpha value is -2.20. The Balaban J connectivity index is 0.00000407. The van der Waals surface area contributed by atoms with E-state index in [9.17, 15) is 4.39 Å². The highest BCUT2D eigenvalue weighted by Gasteiger charge is 2.22. The molecule has 30 heavy (non-hydrogen) atoms. The van der Waals surface area contributed by atoms with Gasteiger partial charge in [-0.3, -0.25) is 4.99 Å². The van der Waals surface area contributed by atoms with Gasteiger partial charge in [-0.1, -0.05) is 33.4 Å². The zero-order chi connectivity index (χ0) is 23.1. The molecule has 0 saturated carbocycles. The van der Waals surface area contributed by atoms with Crippen LogP contribution >= 0.6 is 9.24 Å². The van der Waals surface area contributed by atoms with Crippen LogP contribution in [0.2, 0.25) is 0 Å². The van der Waals surface area contributed by atoms with Crippen LogP contribution in [0.1, 0.15) is 47.5 Å². The van der Waals surface area contributed by atoms with Crippen molar-refractivity contribution in [3.05, 3.63) is 58.6 Å². The number of nitrogens with zero attached hydrogens (tertiary/aromatic N) is 3. The van der Waals surface area contributed by atoms with Crippen molar-refractivity contribution in [3.8, 4) is 0 Å². The number of aliphatic imine (C=N–C) groups is 2. The molecule has 1 aliphatic heterocycles. The van der Waals surface area contributed by atoms with Crippen molar-refractivity contribution in [2.24, 2.45) is 15.7 Å². The molecule has 0 fully saturated rings. The molecule has 1 heterocycles. The van der Waals surface area contributed by atoms with E-state index in [1.807, 2.05) is 46.1 Å². The number of halogens is 1. The maximum Gasteiger partial charge on any atom is 0.127 e. The third-order valence-corrected chi connectivity index (χ3v) is 4.90. The number of nitrogens with one attached hydrogen (secondary N) is 1. The van der Waals surface area contributed by atoms with Gasteiger partial charge in [0.1, 0.15) is 17.5 Å². The van der Waals surface area contributed by atoms with Crippen LogP contribution in [-0.2, 0) is 0 Å². The Labute approximate surface area is 184 Å². The van der Waals surface area contributed by atoms with Gasteiger partial charge in [-0.25, -0.2) is 9.38 Å². The van der Waals surface area contributed by atoms with Crippen molar-refractivity contribution < 1.29 is 4.39 Å². The minimum Gasteiger partial charge on any atom is -0.402 e. The van der Waals surface area contributed by atoms with Crippen LogP contribution in [0.4, 0.5) is 4.39 Å². The van der Waals surface area contributed by atoms with Crippen molar-refractivity contribution in [1.29, 1.82) is 0 Å². The topological polar surface area (TPSA) is 66.0 Å². The minimum atomic E-state index is -0.477. The molecule has 0 radical (unpaired) electrons. The number of amidine groups is 1. The lowest BCUT2D eigenvalue weighted by Crippen LogP contribution is -2.39. The van der Waals surface area contributed by atoms with Gasteiger partial charge in [-0.05, 0) is 43.3 Å². The summed E-state index contributed by atoms with van der Waals surface area (Å²) in [4.78, 5) is 11.2. The summed E-state index contributed by atoms with van der Waals surface area (Å²) in [6.45, 7) is 15.2. The van der Waals surface area contributed by atoms with Crippen LogP contribution < -0.4 is 11.1 Å². The quantitative estimate of drug-likeness (QED) is 0.242. The predicted octanol–water partition coefficient (Wildman–Crippen LogP) is 5.08. The lowest BCUT2D eigenvalue weighted by atomic mass is 10.0. The van der Waals surface area contributed by atoms with Gasteiger partial charge < -0.3 is 16.0 Å². The van der Waals surface area contributed by atoms with Gasteiger partial charge in [0.15, 0.2) is 0 Å². The van der Waals surface area contributed by atoms with E-state index in [-0.39, 0.29) is 0 Å². The zero-order valence-corrected chi connectivity index (χ0v) is 20.6. The number of hydrogen-bond donors (Lipinski definition) is 2. The fourth-order valence-corrected chi connectivity index (χ4v) is 3.31. The molecular weight excluding hydrogens is 396 g/mol. The number of rotatable bonds is 8. The third-order valence-electron chi connectivity index (χ3n) is 4.36. The summed E-state index contributed by atoms with van der Waals surface area (Å²) in [5.41, 5.74) is 9.06. The highest BCUT2D eigenvalue weighted by atomic mass is 31.0. The van der Waals surface area contributed by atoms with Crippen molar-refractivity contribution in [2.45, 2.75) is 47.5 Å². The van der Waals surface area contributed by atoms with E-state index in [0.717, 1.165) is 53.2 Å². The fraction of sp³-hybridized carbons (Fsp3) is 0.478. The van der Waals surface area contributed by atoms with Gasteiger partial charge in [0, 0.05) is 50.6 Å². The third kappa shape index (κ3) is 9.08. The van der Waals surface area contributed by atoms with Gasteiger partial charge in [0.25, 0.3) is 0 Å². The van der Waals surface area contributed by atoms with E-state index in [1.54, 1.807) is 7.05 Å². The predicted molar refractivity (Wildman–Crippen MR) is 134 cm³/mol. The molecule has 1 atom stereocenters. The average Bonchev–Trinajstić information content (AvgIpc) is 2.74. The molecule has 1 rings (SSSR count). The molecule has 0 aromatic rings. The second kappa shape index (κ2) is 15.6. The first-order valence-corrected chi connectivity index (χ1v) is 11.0. The van der Waals surface area contributed by atoms with E-state index in [0.29, 0.717) is 13.1 Å². The normalized spacial score (nSPS) is 16.6. The van der Waals surface area contributed by atoms with Gasteiger partial charge >= 0.3 is 0 Å². The van der Waals surface area contributed by atoms with Crippen molar-refractivity contribution in [2.75, 3.05) is 26.7 Å². The van der Waals surface area contributed by atoms with E-state index in [2.05, 4.69) is 42.9 Å². The Morgan fingerprint density at radius 2 is 2.00 bits per heavy atom. The summed E-state index contributed by atoms with van der Waals surface area (Å²) in [6, 6.07) is 0. The van der Waals surface area contributed by atoms with E-state index >= 15 is 0 Å². The Kier molecular flexibility index (Phi) is 14.5. The summed E-state index contributed by atoms with van der Waals surface area (Å²) in [5.74, 6) is 1.21. The Bertz CT molecular complexity index is 745. The zero-order valence-electron chi connectivity index (χ0n) is 19.4. The van der Waals surface area contributed by atoms with E-state index in [1.165, 1.54) is 6.08 Å². The molecule has 0 saturated heterocycles. The van der Waals surface area contributed by atoms with Crippen molar-refractivity contribution in [1.82, 2.24) is 10.2 Å². The Morgan fingerprint density at radius 1 is 1.33 bits per heavy atom. The number of nitrogens with two attached hydrogens (primary N) is 1. The summed E-state index contributed by atoms with van der Waals surface area (Å²) < 4.78 is 13.1. The van der Waals surface area contributed by atoms with Crippen LogP contribution in [0.3, 0.4) is 0 Å². The summed E-state index contributed by atoms with van der Waals surface area (Å²) in [5, 5.41) is 4.09. The van der Waals surface area contributed by atoms with Gasteiger partial charge in [0.05, 0.1) is 0 Å². The highest BCUT2D eigenvalue weighted by molar-refractivity contribution is 7.23. The average molecular weight is 436 g/mol. The molecule has 0 bridgehead atoms. The van der Waals surface area contributed by atoms with Gasteiger partial charge in [-0.15, -0.1) is 9.24 Å². The first-order chi connectivity index (χ1) is 14.4. The first kappa shape index (κ1) is 27.8. The molecule has 0 aromatic carbocycles. The molecule has 168 valence electrons. The summed E-state index contributed by atoms with van der Waals surface area (Å²) >= 11 is 0. The van der Waals surface area contributed by atoms with Crippen LogP contribution in [0.15, 0.2) is 68.6 Å². The minimum absolute atomic E-state index is 0.477. The van der Waals surface area contributed by atoms with Crippen LogP contribution in [0.5, 0.6) is 0 Å². The molecular formula is C23H39FN5P. The number of allylic oxidation sites excluding steroid dienone is 4. The lowest BCUT2D eigenvalue weighted by molar-refractivity contribution is 0.357. The monoisotopic (exact) mass is 435 g/mol. The molecule has 0 amide bonds. The van der Waals surface area contributed by atoms with Gasteiger partial charge in [0.2, 0.25) is 0 Å². The fourth-order valence-electron chi connectivity index (χ4n) is 2.86. The molecule has 3 N–H and O–H groups in total. The molecule has 0 spiro atoms. The van der Waals surface area contributed by atoms with Crippen LogP contribution in [-0.4, -0.2) is 43.6 Å². The van der Waals surface area contributed by atoms with Gasteiger partial charge in [-0.2, -0.15) is 0 Å². The maximum atomic E-state index is 13.1. The largest absolute Gasteiger partial charge is 0.402 e. The molecule has 1 aliphatic rings. The van der Waals surface area contributed by atoms with Crippen molar-refractivity contribution in [3.63, 3.8) is 0 Å². The molecule has 0 aliphatic carbocycles. The highest BCUT2D eigenvalue weighted by Crippen LogP contribution is 2.22. The molecule has 5 nitrogen and oxygen atoms in total. The second-order valence-electron chi connectivity index (χ2n) is 6.33. The van der Waals surface area contributed by atoms with Crippen LogP contribution in [0.25, 0.3) is 0 Å². The number of hydrogen-bond acceptors (Lipinski definition) is 4. The maximum absolute atomic E-state index is 13.1. The Morgan fingerprint density at radius 3 is 2.50 bits per heavy atom. The lowest BCUT2D eigenvalue weighted by Gasteiger charge is -2.32. The van der Waals surface area contributed by atoms with E-state index < -0.39 is 5.83 Å².